The third-order valence-corrected chi connectivity index (χ3v) is 7.72. The second-order valence-electron chi connectivity index (χ2n) is 7.24. The molecule has 0 saturated heterocycles. The molecule has 0 spiro atoms. The Bertz CT molecular complexity index is 1230. The third kappa shape index (κ3) is 6.91. The van der Waals surface area contributed by atoms with Gasteiger partial charge in [-0.1, -0.05) is 59.6 Å². The molecule has 0 unspecified atom stereocenters. The van der Waals surface area contributed by atoms with Crippen molar-refractivity contribution in [2.75, 3.05) is 12.8 Å². The number of nitrogens with one attached hydrogen (secondary N) is 1. The Morgan fingerprint density at radius 1 is 1.06 bits per heavy atom. The number of nitrogens with zero attached hydrogens (tertiary/aromatic N) is 2. The molecule has 0 aliphatic heterocycles. The van der Waals surface area contributed by atoms with Crippen LogP contribution in [-0.4, -0.2) is 37.6 Å². The first-order chi connectivity index (χ1) is 15.8. The number of rotatable bonds is 9. The van der Waals surface area contributed by atoms with E-state index in [1.165, 1.54) is 18.3 Å². The summed E-state index contributed by atoms with van der Waals surface area (Å²) in [5.74, 6) is -0.560. The summed E-state index contributed by atoms with van der Waals surface area (Å²) in [5.41, 5.74) is 4.75. The fourth-order valence-corrected chi connectivity index (χ4v) is 4.94. The second kappa shape index (κ2) is 11.5. The van der Waals surface area contributed by atoms with Gasteiger partial charge < -0.3 is 0 Å². The topological polar surface area (TPSA) is 78.8 Å². The standard InChI is InChI=1S/C24H24ClN3O3S2/c1-18-7-13-22(14-8-18)33(30,31)28(16-20-5-3-4-6-23(20)25)17-24(29)27-26-15-19-9-11-21(32-2)12-10-19/h3-15H,16-17H2,1-2H3,(H,27,29)/b26-15-. The van der Waals surface area contributed by atoms with Crippen LogP contribution >= 0.6 is 23.4 Å². The summed E-state index contributed by atoms with van der Waals surface area (Å²) in [6, 6.07) is 21.1. The Labute approximate surface area is 203 Å². The van der Waals surface area contributed by atoms with E-state index in [1.54, 1.807) is 48.2 Å². The van der Waals surface area contributed by atoms with Crippen LogP contribution in [0.15, 0.2) is 87.7 Å². The van der Waals surface area contributed by atoms with Crippen LogP contribution < -0.4 is 5.43 Å². The molecular formula is C24H24ClN3O3S2. The van der Waals surface area contributed by atoms with Crippen LogP contribution in [0.1, 0.15) is 16.7 Å². The molecule has 0 aliphatic rings. The van der Waals surface area contributed by atoms with E-state index < -0.39 is 22.5 Å². The molecule has 0 fully saturated rings. The molecule has 0 heterocycles. The Hall–Kier alpha value is -2.65. The first-order valence-corrected chi connectivity index (χ1v) is 13.1. The van der Waals surface area contributed by atoms with Crippen molar-refractivity contribution >= 4 is 45.5 Å². The van der Waals surface area contributed by atoms with Gasteiger partial charge in [-0.15, -0.1) is 11.8 Å². The molecule has 1 amide bonds. The van der Waals surface area contributed by atoms with Crippen molar-refractivity contribution in [3.8, 4) is 0 Å². The number of carbonyl (C=O) groups is 1. The number of halogens is 1. The molecule has 0 bridgehead atoms. The molecule has 6 nitrogen and oxygen atoms in total. The number of amides is 1. The molecule has 3 aromatic rings. The summed E-state index contributed by atoms with van der Waals surface area (Å²) < 4.78 is 27.7. The number of hydrazone groups is 1. The monoisotopic (exact) mass is 501 g/mol. The van der Waals surface area contributed by atoms with E-state index >= 15 is 0 Å². The van der Waals surface area contributed by atoms with Crippen molar-refractivity contribution in [2.45, 2.75) is 23.3 Å². The van der Waals surface area contributed by atoms with E-state index in [2.05, 4.69) is 10.5 Å². The highest BCUT2D eigenvalue weighted by molar-refractivity contribution is 7.98. The van der Waals surface area contributed by atoms with E-state index in [-0.39, 0.29) is 11.4 Å². The zero-order valence-corrected chi connectivity index (χ0v) is 20.6. The lowest BCUT2D eigenvalue weighted by Gasteiger charge is -2.22. The van der Waals surface area contributed by atoms with Crippen LogP contribution in [0.2, 0.25) is 5.02 Å². The van der Waals surface area contributed by atoms with Crippen LogP contribution in [0.4, 0.5) is 0 Å². The largest absolute Gasteiger partial charge is 0.272 e. The molecule has 0 saturated carbocycles. The first-order valence-electron chi connectivity index (χ1n) is 10.1. The highest BCUT2D eigenvalue weighted by Crippen LogP contribution is 2.22. The SMILES string of the molecule is CSc1ccc(/C=N\NC(=O)CN(Cc2ccccc2Cl)S(=O)(=O)c2ccc(C)cc2)cc1. The van der Waals surface area contributed by atoms with Crippen LogP contribution in [0.25, 0.3) is 0 Å². The molecule has 0 aliphatic carbocycles. The highest BCUT2D eigenvalue weighted by atomic mass is 35.5. The van der Waals surface area contributed by atoms with Gasteiger partial charge in [-0.3, -0.25) is 4.79 Å². The predicted molar refractivity (Wildman–Crippen MR) is 134 cm³/mol. The lowest BCUT2D eigenvalue weighted by Crippen LogP contribution is -2.39. The Balaban J connectivity index is 1.78. The van der Waals surface area contributed by atoms with E-state index in [0.29, 0.717) is 10.6 Å². The molecule has 172 valence electrons. The van der Waals surface area contributed by atoms with Crippen LogP contribution in [0, 0.1) is 6.92 Å². The summed E-state index contributed by atoms with van der Waals surface area (Å²) in [6.45, 7) is 1.41. The van der Waals surface area contributed by atoms with Gasteiger partial charge in [0.1, 0.15) is 0 Å². The van der Waals surface area contributed by atoms with E-state index in [4.69, 9.17) is 11.6 Å². The van der Waals surface area contributed by atoms with Gasteiger partial charge >= 0.3 is 0 Å². The van der Waals surface area contributed by atoms with E-state index in [1.807, 2.05) is 37.4 Å². The second-order valence-corrected chi connectivity index (χ2v) is 10.5. The van der Waals surface area contributed by atoms with Gasteiger partial charge in [0.15, 0.2) is 0 Å². The minimum atomic E-state index is -3.95. The van der Waals surface area contributed by atoms with Crippen molar-refractivity contribution in [3.05, 3.63) is 94.5 Å². The van der Waals surface area contributed by atoms with Crippen LogP contribution in [-0.2, 0) is 21.4 Å². The Kier molecular flexibility index (Phi) is 8.68. The smallest absolute Gasteiger partial charge is 0.255 e. The van der Waals surface area contributed by atoms with Gasteiger partial charge in [0, 0.05) is 16.5 Å². The van der Waals surface area contributed by atoms with Gasteiger partial charge in [-0.2, -0.15) is 9.41 Å². The number of thioether (sulfide) groups is 1. The molecule has 0 aromatic heterocycles. The van der Waals surface area contributed by atoms with Crippen molar-refractivity contribution in [2.24, 2.45) is 5.10 Å². The van der Waals surface area contributed by atoms with Crippen molar-refractivity contribution < 1.29 is 13.2 Å². The van der Waals surface area contributed by atoms with Gasteiger partial charge in [0.2, 0.25) is 10.0 Å². The summed E-state index contributed by atoms with van der Waals surface area (Å²) in [7, 11) is -3.95. The van der Waals surface area contributed by atoms with E-state index in [9.17, 15) is 13.2 Å². The number of benzene rings is 3. The summed E-state index contributed by atoms with van der Waals surface area (Å²) in [4.78, 5) is 13.8. The van der Waals surface area contributed by atoms with Crippen molar-refractivity contribution in [3.63, 3.8) is 0 Å². The maximum atomic E-state index is 13.3. The van der Waals surface area contributed by atoms with Crippen molar-refractivity contribution in [1.82, 2.24) is 9.73 Å². The normalized spacial score (nSPS) is 11.8. The maximum Gasteiger partial charge on any atom is 0.255 e. The lowest BCUT2D eigenvalue weighted by molar-refractivity contribution is -0.121. The van der Waals surface area contributed by atoms with Gasteiger partial charge in [-0.25, -0.2) is 13.8 Å². The fourth-order valence-electron chi connectivity index (χ4n) is 2.97. The number of carbonyl (C=O) groups excluding carboxylic acids is 1. The van der Waals surface area contributed by atoms with Gasteiger partial charge in [0.25, 0.3) is 5.91 Å². The number of sulfonamides is 1. The molecule has 1 N–H and O–H groups in total. The minimum Gasteiger partial charge on any atom is -0.272 e. The molecule has 3 aromatic carbocycles. The summed E-state index contributed by atoms with van der Waals surface area (Å²) in [6.07, 6.45) is 3.50. The summed E-state index contributed by atoms with van der Waals surface area (Å²) >= 11 is 7.88. The first kappa shape index (κ1) is 25.0. The van der Waals surface area contributed by atoms with Crippen LogP contribution in [0.3, 0.4) is 0 Å². The lowest BCUT2D eigenvalue weighted by atomic mass is 10.2. The van der Waals surface area contributed by atoms with Gasteiger partial charge in [0.05, 0.1) is 17.7 Å². The summed E-state index contributed by atoms with van der Waals surface area (Å²) in [5, 5.41) is 4.39. The third-order valence-electron chi connectivity index (χ3n) is 4.80. The van der Waals surface area contributed by atoms with Crippen LogP contribution in [0.5, 0.6) is 0 Å². The zero-order chi connectivity index (χ0) is 23.8. The number of aryl methyl sites for hydroxylation is 1. The molecule has 3 rings (SSSR count). The highest BCUT2D eigenvalue weighted by Gasteiger charge is 2.27. The van der Waals surface area contributed by atoms with E-state index in [0.717, 1.165) is 20.3 Å². The van der Waals surface area contributed by atoms with Crippen molar-refractivity contribution in [1.29, 1.82) is 0 Å². The average Bonchev–Trinajstić information content (AvgIpc) is 2.80. The fraction of sp³-hybridized carbons (Fsp3) is 0.167. The van der Waals surface area contributed by atoms with Gasteiger partial charge in [-0.05, 0) is 54.6 Å². The molecule has 0 atom stereocenters. The number of hydrogen-bond donors (Lipinski definition) is 1. The Morgan fingerprint density at radius 2 is 1.73 bits per heavy atom. The maximum absolute atomic E-state index is 13.3. The molecular weight excluding hydrogens is 478 g/mol. The minimum absolute atomic E-state index is 0.0524. The molecule has 9 heteroatoms. The predicted octanol–water partition coefficient (Wildman–Crippen LogP) is 4.71. The Morgan fingerprint density at radius 3 is 2.36 bits per heavy atom. The number of hydrogen-bond acceptors (Lipinski definition) is 5. The quantitative estimate of drug-likeness (QED) is 0.261. The zero-order valence-electron chi connectivity index (χ0n) is 18.2. The average molecular weight is 502 g/mol. The molecule has 33 heavy (non-hydrogen) atoms. The molecule has 0 radical (unpaired) electrons.